The van der Waals surface area contributed by atoms with Crippen LogP contribution in [0.2, 0.25) is 0 Å². The van der Waals surface area contributed by atoms with Crippen LogP contribution in [0.4, 0.5) is 0 Å². The molecule has 0 aliphatic rings. The summed E-state index contributed by atoms with van der Waals surface area (Å²) in [7, 11) is 1.26. The standard InChI is InChI=1S/C8H14O3/c1-5(2)7(9)6(3)8(10)11-4/h5,7,9H,3H2,1-2,4H3. The van der Waals surface area contributed by atoms with Gasteiger partial charge in [-0.2, -0.15) is 0 Å². The number of esters is 1. The summed E-state index contributed by atoms with van der Waals surface area (Å²) in [5, 5.41) is 9.30. The van der Waals surface area contributed by atoms with Crippen molar-refractivity contribution in [3.63, 3.8) is 0 Å². The Morgan fingerprint density at radius 1 is 1.55 bits per heavy atom. The van der Waals surface area contributed by atoms with E-state index in [9.17, 15) is 9.90 Å². The molecule has 1 atom stereocenters. The number of carbonyl (C=O) groups excluding carboxylic acids is 1. The highest BCUT2D eigenvalue weighted by Crippen LogP contribution is 2.10. The molecule has 1 N–H and O–H groups in total. The first-order chi connectivity index (χ1) is 5.00. The summed E-state index contributed by atoms with van der Waals surface area (Å²) in [5.74, 6) is -0.562. The largest absolute Gasteiger partial charge is 0.466 e. The van der Waals surface area contributed by atoms with Crippen LogP contribution in [0.1, 0.15) is 13.8 Å². The molecule has 0 fully saturated rings. The number of hydrogen-bond acceptors (Lipinski definition) is 3. The van der Waals surface area contributed by atoms with Gasteiger partial charge in [0.2, 0.25) is 0 Å². The van der Waals surface area contributed by atoms with Crippen molar-refractivity contribution in [3.05, 3.63) is 12.2 Å². The van der Waals surface area contributed by atoms with Crippen molar-refractivity contribution in [3.8, 4) is 0 Å². The number of methoxy groups -OCH3 is 1. The molecule has 0 aromatic carbocycles. The van der Waals surface area contributed by atoms with Crippen LogP contribution >= 0.6 is 0 Å². The summed E-state index contributed by atoms with van der Waals surface area (Å²) >= 11 is 0. The van der Waals surface area contributed by atoms with Gasteiger partial charge in [-0.25, -0.2) is 4.79 Å². The van der Waals surface area contributed by atoms with Crippen molar-refractivity contribution >= 4 is 5.97 Å². The lowest BCUT2D eigenvalue weighted by Gasteiger charge is -2.14. The number of ether oxygens (including phenoxy) is 1. The molecule has 3 heteroatoms. The highest BCUT2D eigenvalue weighted by Gasteiger charge is 2.19. The molecule has 3 nitrogen and oxygen atoms in total. The van der Waals surface area contributed by atoms with E-state index < -0.39 is 12.1 Å². The molecule has 0 radical (unpaired) electrons. The van der Waals surface area contributed by atoms with E-state index in [1.807, 2.05) is 0 Å². The molecule has 11 heavy (non-hydrogen) atoms. The fraction of sp³-hybridized carbons (Fsp3) is 0.625. The third-order valence-corrected chi connectivity index (χ3v) is 1.44. The third-order valence-electron chi connectivity index (χ3n) is 1.44. The topological polar surface area (TPSA) is 46.5 Å². The normalized spacial score (nSPS) is 12.8. The molecule has 0 amide bonds. The maximum absolute atomic E-state index is 10.8. The van der Waals surface area contributed by atoms with Gasteiger partial charge >= 0.3 is 5.97 Å². The predicted octanol–water partition coefficient (Wildman–Crippen LogP) is 0.732. The monoisotopic (exact) mass is 158 g/mol. The van der Waals surface area contributed by atoms with Crippen LogP contribution in [0.3, 0.4) is 0 Å². The Kier molecular flexibility index (Phi) is 3.82. The fourth-order valence-corrected chi connectivity index (χ4v) is 0.654. The second kappa shape index (κ2) is 4.13. The molecule has 0 saturated carbocycles. The van der Waals surface area contributed by atoms with Gasteiger partial charge in [0.15, 0.2) is 0 Å². The number of hydrogen-bond donors (Lipinski definition) is 1. The van der Waals surface area contributed by atoms with Gasteiger partial charge in [-0.3, -0.25) is 0 Å². The first-order valence-electron chi connectivity index (χ1n) is 3.45. The summed E-state index contributed by atoms with van der Waals surface area (Å²) < 4.78 is 4.38. The van der Waals surface area contributed by atoms with E-state index in [1.165, 1.54) is 7.11 Å². The van der Waals surface area contributed by atoms with Crippen molar-refractivity contribution < 1.29 is 14.6 Å². The van der Waals surface area contributed by atoms with Gasteiger partial charge in [-0.15, -0.1) is 0 Å². The molecule has 0 saturated heterocycles. The van der Waals surface area contributed by atoms with Crippen LogP contribution in [0.5, 0.6) is 0 Å². The summed E-state index contributed by atoms with van der Waals surface area (Å²) in [6, 6.07) is 0. The highest BCUT2D eigenvalue weighted by atomic mass is 16.5. The van der Waals surface area contributed by atoms with Gasteiger partial charge in [0, 0.05) is 0 Å². The smallest absolute Gasteiger partial charge is 0.335 e. The Morgan fingerprint density at radius 2 is 2.00 bits per heavy atom. The average Bonchev–Trinajstić information content (AvgIpc) is 2.00. The Morgan fingerprint density at radius 3 is 2.27 bits per heavy atom. The first kappa shape index (κ1) is 10.2. The molecule has 0 aliphatic heterocycles. The molecule has 1 unspecified atom stereocenters. The van der Waals surface area contributed by atoms with E-state index in [-0.39, 0.29) is 11.5 Å². The van der Waals surface area contributed by atoms with Crippen molar-refractivity contribution in [1.82, 2.24) is 0 Å². The summed E-state index contributed by atoms with van der Waals surface area (Å²) in [5.41, 5.74) is 0.113. The number of carbonyl (C=O) groups is 1. The fourth-order valence-electron chi connectivity index (χ4n) is 0.654. The number of aliphatic hydroxyl groups excluding tert-OH is 1. The lowest BCUT2D eigenvalue weighted by Crippen LogP contribution is -2.23. The van der Waals surface area contributed by atoms with Gasteiger partial charge in [0.05, 0.1) is 18.8 Å². The quantitative estimate of drug-likeness (QED) is 0.486. The maximum Gasteiger partial charge on any atom is 0.335 e. The van der Waals surface area contributed by atoms with Gasteiger partial charge in [0.1, 0.15) is 0 Å². The van der Waals surface area contributed by atoms with E-state index in [0.29, 0.717) is 0 Å². The zero-order valence-corrected chi connectivity index (χ0v) is 7.13. The van der Waals surface area contributed by atoms with Crippen LogP contribution in [-0.4, -0.2) is 24.3 Å². The van der Waals surface area contributed by atoms with E-state index in [2.05, 4.69) is 11.3 Å². The molecular formula is C8H14O3. The van der Waals surface area contributed by atoms with Crippen molar-refractivity contribution in [2.75, 3.05) is 7.11 Å². The van der Waals surface area contributed by atoms with E-state index in [1.54, 1.807) is 13.8 Å². The van der Waals surface area contributed by atoms with Crippen molar-refractivity contribution in [2.45, 2.75) is 20.0 Å². The van der Waals surface area contributed by atoms with Crippen LogP contribution in [0, 0.1) is 5.92 Å². The second-order valence-corrected chi connectivity index (χ2v) is 2.71. The lowest BCUT2D eigenvalue weighted by atomic mass is 10.0. The summed E-state index contributed by atoms with van der Waals surface area (Å²) in [4.78, 5) is 10.8. The van der Waals surface area contributed by atoms with Crippen molar-refractivity contribution in [2.24, 2.45) is 5.92 Å². The maximum atomic E-state index is 10.8. The Balaban J connectivity index is 4.14. The van der Waals surface area contributed by atoms with Crippen molar-refractivity contribution in [1.29, 1.82) is 0 Å². The summed E-state index contributed by atoms with van der Waals surface area (Å²) in [6.45, 7) is 7.03. The Labute approximate surface area is 66.7 Å². The minimum absolute atomic E-state index is 0.0124. The minimum atomic E-state index is -0.803. The van der Waals surface area contributed by atoms with Gasteiger partial charge in [0.25, 0.3) is 0 Å². The average molecular weight is 158 g/mol. The lowest BCUT2D eigenvalue weighted by molar-refractivity contribution is -0.137. The highest BCUT2D eigenvalue weighted by molar-refractivity contribution is 5.88. The van der Waals surface area contributed by atoms with E-state index in [4.69, 9.17) is 0 Å². The van der Waals surface area contributed by atoms with Crippen LogP contribution < -0.4 is 0 Å². The number of rotatable bonds is 3. The Hall–Kier alpha value is -0.830. The molecule has 0 aliphatic carbocycles. The second-order valence-electron chi connectivity index (χ2n) is 2.71. The zero-order chi connectivity index (χ0) is 9.02. The molecule has 0 aromatic rings. The third kappa shape index (κ3) is 2.72. The van der Waals surface area contributed by atoms with Gasteiger partial charge < -0.3 is 9.84 Å². The summed E-state index contributed by atoms with van der Waals surface area (Å²) in [6.07, 6.45) is -0.803. The molecular weight excluding hydrogens is 144 g/mol. The van der Waals surface area contributed by atoms with Gasteiger partial charge in [-0.1, -0.05) is 20.4 Å². The van der Waals surface area contributed by atoms with E-state index >= 15 is 0 Å². The van der Waals surface area contributed by atoms with Gasteiger partial charge in [-0.05, 0) is 5.92 Å². The molecule has 64 valence electrons. The Bertz CT molecular complexity index is 161. The molecule has 0 bridgehead atoms. The van der Waals surface area contributed by atoms with Crippen LogP contribution in [0.25, 0.3) is 0 Å². The SMILES string of the molecule is C=C(C(=O)OC)C(O)C(C)C. The van der Waals surface area contributed by atoms with Crippen LogP contribution in [0.15, 0.2) is 12.2 Å². The molecule has 0 heterocycles. The minimum Gasteiger partial charge on any atom is -0.466 e. The van der Waals surface area contributed by atoms with Crippen LogP contribution in [-0.2, 0) is 9.53 Å². The molecule has 0 spiro atoms. The zero-order valence-electron chi connectivity index (χ0n) is 7.13. The molecule has 0 rings (SSSR count). The number of aliphatic hydroxyl groups is 1. The predicted molar refractivity (Wildman–Crippen MR) is 42.0 cm³/mol. The molecule has 0 aromatic heterocycles. The van der Waals surface area contributed by atoms with E-state index in [0.717, 1.165) is 0 Å². The first-order valence-corrected chi connectivity index (χ1v) is 3.45.